The molecule has 0 aliphatic heterocycles. The van der Waals surface area contributed by atoms with Crippen LogP contribution in [-0.4, -0.2) is 33.8 Å². The van der Waals surface area contributed by atoms with Crippen LogP contribution in [0, 0.1) is 0 Å². The van der Waals surface area contributed by atoms with Crippen LogP contribution in [0.25, 0.3) is 0 Å². The molecule has 1 rings (SSSR count). The molecule has 26 heavy (non-hydrogen) atoms. The van der Waals surface area contributed by atoms with E-state index in [1.807, 2.05) is 17.1 Å². The molecular formula is C19H40O3Si4. The fourth-order valence-electron chi connectivity index (χ4n) is 3.17. The maximum Gasteiger partial charge on any atom is 0.473 e. The first-order valence-corrected chi connectivity index (χ1v) is 20.7. The van der Waals surface area contributed by atoms with Crippen molar-refractivity contribution >= 4 is 33.8 Å². The van der Waals surface area contributed by atoms with Gasteiger partial charge in [-0.3, -0.25) is 0 Å². The maximum absolute atomic E-state index is 6.93. The summed E-state index contributed by atoms with van der Waals surface area (Å²) < 4.78 is 20.8. The quantitative estimate of drug-likeness (QED) is 0.294. The smallest absolute Gasteiger partial charge is 0.413 e. The zero-order valence-corrected chi connectivity index (χ0v) is 21.9. The maximum atomic E-state index is 6.93. The monoisotopic (exact) mass is 428 g/mol. The van der Waals surface area contributed by atoms with Gasteiger partial charge in [-0.25, -0.2) is 0 Å². The molecule has 0 aromatic heterocycles. The first-order chi connectivity index (χ1) is 11.9. The van der Waals surface area contributed by atoms with E-state index >= 15 is 0 Å². The molecule has 0 saturated heterocycles. The Kier molecular flexibility index (Phi) is 8.72. The fraction of sp³-hybridized carbons (Fsp3) is 0.684. The van der Waals surface area contributed by atoms with Gasteiger partial charge in [-0.15, -0.1) is 19.7 Å². The predicted molar refractivity (Wildman–Crippen MR) is 123 cm³/mol. The molecule has 1 aliphatic rings. The average Bonchev–Trinajstić information content (AvgIpc) is 2.83. The highest BCUT2D eigenvalue weighted by Crippen LogP contribution is 2.42. The van der Waals surface area contributed by atoms with E-state index in [-0.39, 0.29) is 0 Å². The Morgan fingerprint density at radius 1 is 0.615 bits per heavy atom. The summed E-state index contributed by atoms with van der Waals surface area (Å²) >= 11 is 0. The third-order valence-electron chi connectivity index (χ3n) is 5.05. The molecule has 7 heteroatoms. The minimum atomic E-state index is -2.92. The van der Waals surface area contributed by atoms with Crippen molar-refractivity contribution in [3.63, 3.8) is 0 Å². The van der Waals surface area contributed by atoms with Crippen molar-refractivity contribution in [2.45, 2.75) is 83.3 Å². The zero-order chi connectivity index (χ0) is 20.1. The molecule has 0 aromatic carbocycles. The molecule has 0 atom stereocenters. The Hall–Kier alpha value is -0.0325. The Balaban J connectivity index is 3.44. The summed E-state index contributed by atoms with van der Waals surface area (Å²) in [5, 5.41) is 0. The predicted octanol–water partition coefficient (Wildman–Crippen LogP) is 6.49. The average molecular weight is 429 g/mol. The van der Waals surface area contributed by atoms with Crippen LogP contribution in [0.2, 0.25) is 44.8 Å². The molecule has 0 bridgehead atoms. The van der Waals surface area contributed by atoms with Crippen LogP contribution < -0.4 is 0 Å². The minimum absolute atomic E-state index is 0.371. The van der Waals surface area contributed by atoms with Crippen LogP contribution in [0.15, 0.2) is 36.8 Å². The Morgan fingerprint density at radius 2 is 0.923 bits per heavy atom. The summed E-state index contributed by atoms with van der Waals surface area (Å²) in [6.45, 7) is 25.3. The second kappa shape index (κ2) is 9.45. The van der Waals surface area contributed by atoms with Crippen molar-refractivity contribution in [3.8, 4) is 0 Å². The lowest BCUT2D eigenvalue weighted by Gasteiger charge is -2.46. The van der Waals surface area contributed by atoms with Gasteiger partial charge in [0.25, 0.3) is 0 Å². The topological polar surface area (TPSA) is 27.7 Å². The number of hydrogen-bond donors (Lipinski definition) is 0. The first-order valence-electron chi connectivity index (χ1n) is 9.92. The van der Waals surface area contributed by atoms with Crippen molar-refractivity contribution in [2.75, 3.05) is 0 Å². The molecular weight excluding hydrogens is 389 g/mol. The molecule has 0 spiro atoms. The summed E-state index contributed by atoms with van der Waals surface area (Å²) in [6.07, 6.45) is 7.34. The Morgan fingerprint density at radius 3 is 1.19 bits per heavy atom. The third-order valence-corrected chi connectivity index (χ3v) is 19.3. The molecule has 0 N–H and O–H groups in total. The van der Waals surface area contributed by atoms with Gasteiger partial charge in [0, 0.05) is 5.54 Å². The van der Waals surface area contributed by atoms with Crippen molar-refractivity contribution in [1.29, 1.82) is 0 Å². The minimum Gasteiger partial charge on any atom is -0.413 e. The van der Waals surface area contributed by atoms with Gasteiger partial charge < -0.3 is 12.3 Å². The van der Waals surface area contributed by atoms with Gasteiger partial charge in [-0.1, -0.05) is 42.8 Å². The molecule has 3 nitrogen and oxygen atoms in total. The summed E-state index contributed by atoms with van der Waals surface area (Å²) in [4.78, 5) is 0. The molecule has 0 radical (unpaired) electrons. The molecule has 1 fully saturated rings. The van der Waals surface area contributed by atoms with Crippen molar-refractivity contribution in [2.24, 2.45) is 0 Å². The molecule has 0 heterocycles. The van der Waals surface area contributed by atoms with Crippen molar-refractivity contribution in [1.82, 2.24) is 0 Å². The second-order valence-corrected chi connectivity index (χ2v) is 24.3. The summed E-state index contributed by atoms with van der Waals surface area (Å²) in [5.74, 6) is 0. The first kappa shape index (κ1) is 24.0. The van der Waals surface area contributed by atoms with Gasteiger partial charge in [-0.05, 0) is 52.1 Å². The normalized spacial score (nSPS) is 18.2. The summed E-state index contributed by atoms with van der Waals surface area (Å²) in [5.41, 5.74) is 6.38. The van der Waals surface area contributed by atoms with E-state index in [9.17, 15) is 0 Å². The van der Waals surface area contributed by atoms with Crippen molar-refractivity contribution in [3.05, 3.63) is 36.8 Å². The fourth-order valence-corrected chi connectivity index (χ4v) is 17.7. The van der Waals surface area contributed by atoms with Crippen LogP contribution in [0.5, 0.6) is 0 Å². The van der Waals surface area contributed by atoms with Crippen LogP contribution >= 0.6 is 0 Å². The van der Waals surface area contributed by atoms with E-state index in [0.29, 0.717) is 5.54 Å². The van der Waals surface area contributed by atoms with Crippen LogP contribution in [0.1, 0.15) is 38.5 Å². The van der Waals surface area contributed by atoms with Crippen LogP contribution in [0.3, 0.4) is 0 Å². The third kappa shape index (κ3) is 7.18. The molecule has 1 saturated carbocycles. The number of hydrogen-bond acceptors (Lipinski definition) is 3. The summed E-state index contributed by atoms with van der Waals surface area (Å²) in [7, 11) is -9.18. The van der Waals surface area contributed by atoms with Crippen molar-refractivity contribution < 1.29 is 12.3 Å². The van der Waals surface area contributed by atoms with Gasteiger partial charge in [0.15, 0.2) is 0 Å². The van der Waals surface area contributed by atoms with Gasteiger partial charge in [0.2, 0.25) is 25.0 Å². The highest BCUT2D eigenvalue weighted by molar-refractivity contribution is 6.94. The summed E-state index contributed by atoms with van der Waals surface area (Å²) in [6, 6.07) is 0. The van der Waals surface area contributed by atoms with Gasteiger partial charge in [-0.2, -0.15) is 0 Å². The van der Waals surface area contributed by atoms with Gasteiger partial charge in [0.05, 0.1) is 0 Å². The van der Waals surface area contributed by atoms with E-state index in [0.717, 1.165) is 12.8 Å². The van der Waals surface area contributed by atoms with Gasteiger partial charge in [0.1, 0.15) is 0 Å². The molecule has 0 amide bonds. The SMILES string of the molecule is C=C[Si](C)(C)O[Si](O[Si](C)(C)C=C)(O[Si](C)(C)C=C)C1CCCCCC1. The lowest BCUT2D eigenvalue weighted by molar-refractivity contribution is 0.231. The van der Waals surface area contributed by atoms with Crippen LogP contribution in [0.4, 0.5) is 0 Å². The number of rotatable bonds is 10. The highest BCUT2D eigenvalue weighted by Gasteiger charge is 2.56. The standard InChI is InChI=1S/C19H40O3Si4/c1-10-23(4,5)20-26(21-24(6,7)11-2,22-25(8,9)12-3)19-17-15-13-14-16-18-19/h10-12,19H,1-3,13-18H2,4-9H3. The second-order valence-electron chi connectivity index (χ2n) is 9.02. The highest BCUT2D eigenvalue weighted by atomic mass is 28.5. The van der Waals surface area contributed by atoms with E-state index in [2.05, 4.69) is 59.0 Å². The van der Waals surface area contributed by atoms with E-state index in [4.69, 9.17) is 12.3 Å². The van der Waals surface area contributed by atoms with Crippen LogP contribution in [-0.2, 0) is 12.3 Å². The Labute approximate surface area is 166 Å². The molecule has 1 aliphatic carbocycles. The largest absolute Gasteiger partial charge is 0.473 e. The zero-order valence-electron chi connectivity index (χ0n) is 17.9. The molecule has 0 unspecified atom stereocenters. The molecule has 0 aromatic rings. The van der Waals surface area contributed by atoms with E-state index in [1.54, 1.807) is 0 Å². The lowest BCUT2D eigenvalue weighted by Crippen LogP contribution is -2.63. The van der Waals surface area contributed by atoms with E-state index in [1.165, 1.54) is 25.7 Å². The molecule has 150 valence electrons. The Bertz CT molecular complexity index is 440. The van der Waals surface area contributed by atoms with Gasteiger partial charge >= 0.3 is 8.80 Å². The lowest BCUT2D eigenvalue weighted by atomic mass is 10.2. The van der Waals surface area contributed by atoms with E-state index < -0.39 is 33.8 Å².